The zero-order valence-corrected chi connectivity index (χ0v) is 6.70. The molecule has 0 aromatic rings. The Kier molecular flexibility index (Phi) is 4.46. The van der Waals surface area contributed by atoms with Crippen molar-refractivity contribution in [1.29, 1.82) is 0 Å². The van der Waals surface area contributed by atoms with Crippen LogP contribution in [0.5, 0.6) is 0 Å². The molecule has 0 heterocycles. The molecule has 1 N–H and O–H groups in total. The van der Waals surface area contributed by atoms with Gasteiger partial charge in [0, 0.05) is 13.7 Å². The second kappa shape index (κ2) is 4.58. The van der Waals surface area contributed by atoms with Crippen molar-refractivity contribution in [2.75, 3.05) is 20.3 Å². The van der Waals surface area contributed by atoms with E-state index in [1.807, 2.05) is 0 Å². The molecule has 0 saturated carbocycles. The lowest BCUT2D eigenvalue weighted by molar-refractivity contribution is 0.201. The van der Waals surface area contributed by atoms with Crippen molar-refractivity contribution in [2.24, 2.45) is 0 Å². The Morgan fingerprint density at radius 2 is 2.09 bits per heavy atom. The highest BCUT2D eigenvalue weighted by Gasteiger charge is 2.22. The molecule has 7 heteroatoms. The van der Waals surface area contributed by atoms with Gasteiger partial charge in [0.05, 0.1) is 6.61 Å². The maximum absolute atomic E-state index is 11.5. The van der Waals surface area contributed by atoms with E-state index in [1.54, 1.807) is 4.72 Å². The first-order valence-electron chi connectivity index (χ1n) is 2.76. The average Bonchev–Trinajstić information content (AvgIpc) is 1.88. The maximum Gasteiger partial charge on any atom is 0.350 e. The van der Waals surface area contributed by atoms with Crippen LogP contribution >= 0.6 is 0 Å². The minimum atomic E-state index is -4.43. The molecule has 0 saturated heterocycles. The number of nitrogens with one attached hydrogen (secondary N) is 1. The van der Waals surface area contributed by atoms with E-state index >= 15 is 0 Å². The van der Waals surface area contributed by atoms with Gasteiger partial charge in [0.2, 0.25) is 0 Å². The van der Waals surface area contributed by atoms with E-state index in [4.69, 9.17) is 0 Å². The normalized spacial score (nSPS) is 12.4. The summed E-state index contributed by atoms with van der Waals surface area (Å²) in [5.41, 5.74) is 0. The van der Waals surface area contributed by atoms with E-state index in [0.717, 1.165) is 0 Å². The first-order chi connectivity index (χ1) is 5.00. The lowest BCUT2D eigenvalue weighted by Gasteiger charge is -2.03. The Morgan fingerprint density at radius 3 is 2.45 bits per heavy atom. The molecule has 0 spiro atoms. The Balaban J connectivity index is 3.75. The molecule has 0 amide bonds. The van der Waals surface area contributed by atoms with E-state index in [2.05, 4.69) is 4.74 Å². The van der Waals surface area contributed by atoms with Gasteiger partial charge in [-0.15, -0.1) is 0 Å². The number of hydrogen-bond donors (Lipinski definition) is 1. The molecule has 0 fully saturated rings. The van der Waals surface area contributed by atoms with Gasteiger partial charge in [-0.1, -0.05) is 0 Å². The molecule has 0 aliphatic carbocycles. The molecule has 0 aromatic heterocycles. The van der Waals surface area contributed by atoms with Gasteiger partial charge < -0.3 is 4.74 Å². The molecule has 11 heavy (non-hydrogen) atoms. The molecular formula is C4H9F2NO3S. The second-order valence-electron chi connectivity index (χ2n) is 1.69. The van der Waals surface area contributed by atoms with Gasteiger partial charge in [-0.25, -0.2) is 13.1 Å². The molecule has 0 rings (SSSR count). The lowest BCUT2D eigenvalue weighted by Crippen LogP contribution is -2.31. The number of ether oxygens (including phenoxy) is 1. The van der Waals surface area contributed by atoms with Crippen LogP contribution in [-0.2, 0) is 14.8 Å². The third-order valence-electron chi connectivity index (χ3n) is 0.844. The largest absolute Gasteiger partial charge is 0.383 e. The Morgan fingerprint density at radius 1 is 1.55 bits per heavy atom. The topological polar surface area (TPSA) is 55.4 Å². The summed E-state index contributed by atoms with van der Waals surface area (Å²) in [6.45, 7) is -0.0604. The summed E-state index contributed by atoms with van der Waals surface area (Å²) in [4.78, 5) is 0. The number of halogens is 2. The zero-order chi connectivity index (χ0) is 8.91. The van der Waals surface area contributed by atoms with Gasteiger partial charge in [-0.2, -0.15) is 8.78 Å². The number of sulfonamides is 1. The molecule has 0 atom stereocenters. The quantitative estimate of drug-likeness (QED) is 0.608. The number of hydrogen-bond acceptors (Lipinski definition) is 3. The van der Waals surface area contributed by atoms with Crippen molar-refractivity contribution in [3.8, 4) is 0 Å². The van der Waals surface area contributed by atoms with Gasteiger partial charge >= 0.3 is 5.76 Å². The molecule has 68 valence electrons. The van der Waals surface area contributed by atoms with Crippen LogP contribution in [0.4, 0.5) is 8.78 Å². The van der Waals surface area contributed by atoms with Crippen LogP contribution in [0.25, 0.3) is 0 Å². The minimum absolute atomic E-state index is 0.0753. The molecule has 0 aromatic carbocycles. The van der Waals surface area contributed by atoms with Crippen LogP contribution in [0.3, 0.4) is 0 Å². The van der Waals surface area contributed by atoms with Crippen molar-refractivity contribution in [1.82, 2.24) is 4.72 Å². The van der Waals surface area contributed by atoms with E-state index in [0.29, 0.717) is 0 Å². The SMILES string of the molecule is COCCNS(=O)(=O)C(F)F. The highest BCUT2D eigenvalue weighted by Crippen LogP contribution is 2.00. The fourth-order valence-electron chi connectivity index (χ4n) is 0.349. The van der Waals surface area contributed by atoms with E-state index in [9.17, 15) is 17.2 Å². The number of alkyl halides is 2. The van der Waals surface area contributed by atoms with Crippen LogP contribution in [0.2, 0.25) is 0 Å². The van der Waals surface area contributed by atoms with Crippen molar-refractivity contribution in [3.05, 3.63) is 0 Å². The van der Waals surface area contributed by atoms with Gasteiger partial charge in [0.15, 0.2) is 0 Å². The van der Waals surface area contributed by atoms with Crippen LogP contribution in [0.1, 0.15) is 0 Å². The van der Waals surface area contributed by atoms with Crippen LogP contribution in [0, 0.1) is 0 Å². The third kappa shape index (κ3) is 4.23. The molecule has 0 aliphatic rings. The fourth-order valence-corrected chi connectivity index (χ4v) is 0.843. The number of methoxy groups -OCH3 is 1. The van der Waals surface area contributed by atoms with E-state index < -0.39 is 15.8 Å². The lowest BCUT2D eigenvalue weighted by atomic mass is 10.7. The van der Waals surface area contributed by atoms with Gasteiger partial charge in [0.25, 0.3) is 10.0 Å². The fraction of sp³-hybridized carbons (Fsp3) is 1.00. The summed E-state index contributed by atoms with van der Waals surface area (Å²) in [5.74, 6) is -3.38. The summed E-state index contributed by atoms with van der Waals surface area (Å²) in [6.07, 6.45) is 0. The molecule has 0 radical (unpaired) electrons. The highest BCUT2D eigenvalue weighted by molar-refractivity contribution is 7.89. The predicted octanol–water partition coefficient (Wildman–Crippen LogP) is -0.225. The summed E-state index contributed by atoms with van der Waals surface area (Å²) in [6, 6.07) is 0. The molecular weight excluding hydrogens is 180 g/mol. The van der Waals surface area contributed by atoms with Crippen molar-refractivity contribution >= 4 is 10.0 Å². The minimum Gasteiger partial charge on any atom is -0.383 e. The maximum atomic E-state index is 11.5. The molecule has 0 unspecified atom stereocenters. The molecule has 4 nitrogen and oxygen atoms in total. The molecule has 0 bridgehead atoms. The Labute approximate surface area is 63.6 Å². The standard InChI is InChI=1S/C4H9F2NO3S/c1-10-3-2-7-11(8,9)4(5)6/h4,7H,2-3H2,1H3. The summed E-state index contributed by atoms with van der Waals surface area (Å²) >= 11 is 0. The first-order valence-corrected chi connectivity index (χ1v) is 4.31. The van der Waals surface area contributed by atoms with Gasteiger partial charge in [-0.05, 0) is 0 Å². The summed E-state index contributed by atoms with van der Waals surface area (Å²) in [5, 5.41) is 0. The molecule has 0 aliphatic heterocycles. The second-order valence-corrected chi connectivity index (χ2v) is 3.43. The van der Waals surface area contributed by atoms with E-state index in [-0.39, 0.29) is 13.2 Å². The predicted molar refractivity (Wildman–Crippen MR) is 34.8 cm³/mol. The smallest absolute Gasteiger partial charge is 0.350 e. The summed E-state index contributed by atoms with van der Waals surface area (Å²) in [7, 11) is -3.09. The number of rotatable bonds is 5. The highest BCUT2D eigenvalue weighted by atomic mass is 32.2. The summed E-state index contributed by atoms with van der Waals surface area (Å²) < 4.78 is 49.8. The van der Waals surface area contributed by atoms with Gasteiger partial charge in [-0.3, -0.25) is 0 Å². The monoisotopic (exact) mass is 189 g/mol. The Bertz CT molecular complexity index is 192. The van der Waals surface area contributed by atoms with Crippen molar-refractivity contribution < 1.29 is 21.9 Å². The Hall–Kier alpha value is -0.270. The first kappa shape index (κ1) is 10.7. The van der Waals surface area contributed by atoms with Crippen molar-refractivity contribution in [2.45, 2.75) is 5.76 Å². The average molecular weight is 189 g/mol. The third-order valence-corrected chi connectivity index (χ3v) is 1.92. The van der Waals surface area contributed by atoms with E-state index in [1.165, 1.54) is 7.11 Å². The van der Waals surface area contributed by atoms with Gasteiger partial charge in [0.1, 0.15) is 0 Å². The van der Waals surface area contributed by atoms with Crippen LogP contribution < -0.4 is 4.72 Å². The van der Waals surface area contributed by atoms with Crippen LogP contribution in [0.15, 0.2) is 0 Å². The van der Waals surface area contributed by atoms with Crippen LogP contribution in [-0.4, -0.2) is 34.4 Å². The van der Waals surface area contributed by atoms with Crippen molar-refractivity contribution in [3.63, 3.8) is 0 Å². The zero-order valence-electron chi connectivity index (χ0n) is 5.88.